The van der Waals surface area contributed by atoms with E-state index in [1.54, 1.807) is 16.6 Å². The summed E-state index contributed by atoms with van der Waals surface area (Å²) >= 11 is 0. The first-order valence-electron chi connectivity index (χ1n) is 9.06. The van der Waals surface area contributed by atoms with E-state index in [0.717, 1.165) is 31.4 Å². The Kier molecular flexibility index (Phi) is 4.37. The molecule has 144 valence electrons. The molecule has 2 aliphatic rings. The lowest BCUT2D eigenvalue weighted by Gasteiger charge is -2.43. The number of benzene rings is 1. The van der Waals surface area contributed by atoms with Crippen LogP contribution in [0.3, 0.4) is 0 Å². The van der Waals surface area contributed by atoms with Gasteiger partial charge in [-0.05, 0) is 54.2 Å². The molecule has 0 atom stereocenters. The van der Waals surface area contributed by atoms with Gasteiger partial charge in [0.05, 0.1) is 12.8 Å². The van der Waals surface area contributed by atoms with E-state index < -0.39 is 11.6 Å². The Morgan fingerprint density at radius 3 is 2.78 bits per heavy atom. The van der Waals surface area contributed by atoms with Gasteiger partial charge in [0.2, 0.25) is 6.79 Å². The topological polar surface area (TPSA) is 91.6 Å². The molecule has 4 rings (SSSR count). The average molecular weight is 373 g/mol. The fourth-order valence-electron chi connectivity index (χ4n) is 3.93. The van der Waals surface area contributed by atoms with Crippen LogP contribution in [-0.4, -0.2) is 52.2 Å². The van der Waals surface area contributed by atoms with Crippen molar-refractivity contribution < 1.29 is 19.0 Å². The number of carbonyl (C=O) groups is 1. The Morgan fingerprint density at radius 1 is 1.30 bits per heavy atom. The molecule has 2 heterocycles. The second-order valence-corrected chi connectivity index (χ2v) is 7.20. The minimum Gasteiger partial charge on any atom is -0.454 e. The number of hydrogen-bond acceptors (Lipinski definition) is 7. The highest BCUT2D eigenvalue weighted by Gasteiger charge is 2.46. The van der Waals surface area contributed by atoms with Crippen LogP contribution in [0, 0.1) is 5.92 Å². The van der Waals surface area contributed by atoms with E-state index in [2.05, 4.69) is 22.4 Å². The number of ether oxygens (including phenoxy) is 3. The van der Waals surface area contributed by atoms with Crippen LogP contribution in [0.1, 0.15) is 38.4 Å². The van der Waals surface area contributed by atoms with Crippen molar-refractivity contribution in [1.29, 1.82) is 0 Å². The molecule has 0 unspecified atom stereocenters. The molecule has 9 heteroatoms. The number of methoxy groups -OCH3 is 1. The van der Waals surface area contributed by atoms with E-state index in [1.807, 2.05) is 18.2 Å². The minimum atomic E-state index is -0.626. The number of rotatable bonds is 3. The van der Waals surface area contributed by atoms with Crippen LogP contribution < -0.4 is 9.47 Å². The lowest BCUT2D eigenvalue weighted by Crippen LogP contribution is -2.50. The third-order valence-electron chi connectivity index (χ3n) is 5.68. The molecule has 1 aliphatic carbocycles. The van der Waals surface area contributed by atoms with Crippen molar-refractivity contribution in [3.8, 4) is 17.2 Å². The number of aromatic nitrogens is 4. The molecule has 2 aromatic rings. The van der Waals surface area contributed by atoms with E-state index in [-0.39, 0.29) is 6.79 Å². The molecule has 0 bridgehead atoms. The molecule has 1 aromatic carbocycles. The van der Waals surface area contributed by atoms with Crippen molar-refractivity contribution in [2.24, 2.45) is 5.92 Å². The lowest BCUT2D eigenvalue weighted by molar-refractivity contribution is 0.0383. The highest BCUT2D eigenvalue weighted by Crippen LogP contribution is 2.44. The first-order chi connectivity index (χ1) is 13.0. The van der Waals surface area contributed by atoms with Crippen molar-refractivity contribution in [3.05, 3.63) is 24.0 Å². The van der Waals surface area contributed by atoms with Crippen LogP contribution >= 0.6 is 0 Å². The number of nitrogens with zero attached hydrogens (tertiary/aromatic N) is 5. The first kappa shape index (κ1) is 17.6. The van der Waals surface area contributed by atoms with E-state index in [0.29, 0.717) is 23.2 Å². The van der Waals surface area contributed by atoms with E-state index in [1.165, 1.54) is 7.11 Å². The second kappa shape index (κ2) is 6.71. The number of tetrazole rings is 1. The molecule has 9 nitrogen and oxygen atoms in total. The molecular formula is C18H23N5O4. The molecule has 0 spiro atoms. The first-order valence-corrected chi connectivity index (χ1v) is 9.06. The van der Waals surface area contributed by atoms with Gasteiger partial charge in [0.25, 0.3) is 0 Å². The molecule has 1 aliphatic heterocycles. The van der Waals surface area contributed by atoms with Gasteiger partial charge in [-0.2, -0.15) is 4.68 Å². The van der Waals surface area contributed by atoms with Gasteiger partial charge in [-0.3, -0.25) is 4.90 Å². The number of hydrogen-bond donors (Lipinski definition) is 0. The van der Waals surface area contributed by atoms with Crippen molar-refractivity contribution >= 4 is 6.09 Å². The van der Waals surface area contributed by atoms with Gasteiger partial charge in [-0.1, -0.05) is 6.92 Å². The standard InChI is InChI=1S/C18H23N5O4/c1-12-6-8-18(9-7-12,22(2)17(24)25-3)16-19-20-21-23(16)13-4-5-14-15(10-13)27-11-26-14/h4-5,10,12H,6-9,11H2,1-3H3. The van der Waals surface area contributed by atoms with Crippen LogP contribution in [0.15, 0.2) is 18.2 Å². The smallest absolute Gasteiger partial charge is 0.410 e. The fraction of sp³-hybridized carbons (Fsp3) is 0.556. The predicted molar refractivity (Wildman–Crippen MR) is 94.8 cm³/mol. The quantitative estimate of drug-likeness (QED) is 0.816. The second-order valence-electron chi connectivity index (χ2n) is 7.20. The summed E-state index contributed by atoms with van der Waals surface area (Å²) in [4.78, 5) is 14.0. The summed E-state index contributed by atoms with van der Waals surface area (Å²) in [7, 11) is 3.14. The molecule has 1 aromatic heterocycles. The average Bonchev–Trinajstić information content (AvgIpc) is 3.36. The van der Waals surface area contributed by atoms with Crippen molar-refractivity contribution in [1.82, 2.24) is 25.1 Å². The van der Waals surface area contributed by atoms with Gasteiger partial charge in [-0.25, -0.2) is 4.79 Å². The minimum absolute atomic E-state index is 0.203. The Bertz CT molecular complexity index is 844. The maximum absolute atomic E-state index is 12.4. The van der Waals surface area contributed by atoms with E-state index in [9.17, 15) is 4.79 Å². The van der Waals surface area contributed by atoms with Crippen molar-refractivity contribution in [2.45, 2.75) is 38.1 Å². The van der Waals surface area contributed by atoms with Crippen molar-refractivity contribution in [3.63, 3.8) is 0 Å². The zero-order valence-electron chi connectivity index (χ0n) is 15.7. The zero-order chi connectivity index (χ0) is 19.0. The third-order valence-corrected chi connectivity index (χ3v) is 5.68. The van der Waals surface area contributed by atoms with Gasteiger partial charge in [0, 0.05) is 13.1 Å². The number of fused-ring (bicyclic) bond motifs is 1. The lowest BCUT2D eigenvalue weighted by atomic mass is 9.75. The highest BCUT2D eigenvalue weighted by molar-refractivity contribution is 5.68. The molecule has 1 amide bonds. The van der Waals surface area contributed by atoms with Crippen LogP contribution in [0.2, 0.25) is 0 Å². The third kappa shape index (κ3) is 2.87. The molecule has 0 saturated heterocycles. The van der Waals surface area contributed by atoms with Crippen molar-refractivity contribution in [2.75, 3.05) is 21.0 Å². The van der Waals surface area contributed by atoms with Gasteiger partial charge < -0.3 is 14.2 Å². The molecule has 1 saturated carbocycles. The SMILES string of the molecule is COC(=O)N(C)C1(c2nnnn2-c2ccc3c(c2)OCO3)CCC(C)CC1. The maximum atomic E-state index is 12.4. The van der Waals surface area contributed by atoms with Crippen LogP contribution in [0.25, 0.3) is 5.69 Å². The normalized spacial score (nSPS) is 23.9. The molecular weight excluding hydrogens is 350 g/mol. The number of amides is 1. The van der Waals surface area contributed by atoms with Crippen LogP contribution in [-0.2, 0) is 10.3 Å². The fourth-order valence-corrected chi connectivity index (χ4v) is 3.93. The summed E-state index contributed by atoms with van der Waals surface area (Å²) in [6, 6.07) is 5.56. The van der Waals surface area contributed by atoms with Gasteiger partial charge in [0.15, 0.2) is 17.3 Å². The largest absolute Gasteiger partial charge is 0.454 e. The molecule has 0 radical (unpaired) electrons. The molecule has 27 heavy (non-hydrogen) atoms. The Hall–Kier alpha value is -2.84. The number of carbonyl (C=O) groups excluding carboxylic acids is 1. The van der Waals surface area contributed by atoms with Gasteiger partial charge >= 0.3 is 6.09 Å². The van der Waals surface area contributed by atoms with Gasteiger partial charge in [-0.15, -0.1) is 5.10 Å². The zero-order valence-corrected chi connectivity index (χ0v) is 15.7. The summed E-state index contributed by atoms with van der Waals surface area (Å²) in [5, 5.41) is 12.4. The monoisotopic (exact) mass is 373 g/mol. The summed E-state index contributed by atoms with van der Waals surface area (Å²) in [6.07, 6.45) is 3.10. The Labute approximate surface area is 157 Å². The molecule has 0 N–H and O–H groups in total. The Balaban J connectivity index is 1.78. The summed E-state index contributed by atoms with van der Waals surface area (Å²) in [5.41, 5.74) is 0.134. The highest BCUT2D eigenvalue weighted by atomic mass is 16.7. The van der Waals surface area contributed by atoms with E-state index in [4.69, 9.17) is 14.2 Å². The Morgan fingerprint density at radius 2 is 2.04 bits per heavy atom. The summed E-state index contributed by atoms with van der Waals surface area (Å²) < 4.78 is 17.5. The molecule has 1 fully saturated rings. The van der Waals surface area contributed by atoms with E-state index >= 15 is 0 Å². The maximum Gasteiger partial charge on any atom is 0.410 e. The predicted octanol–water partition coefficient (Wildman–Crippen LogP) is 2.49. The van der Waals surface area contributed by atoms with Crippen LogP contribution in [0.5, 0.6) is 11.5 Å². The van der Waals surface area contributed by atoms with Crippen LogP contribution in [0.4, 0.5) is 4.79 Å². The summed E-state index contributed by atoms with van der Waals surface area (Å²) in [5.74, 6) is 2.57. The summed E-state index contributed by atoms with van der Waals surface area (Å²) in [6.45, 7) is 2.43. The van der Waals surface area contributed by atoms with Gasteiger partial charge in [0.1, 0.15) is 5.54 Å².